The van der Waals surface area contributed by atoms with E-state index in [-0.39, 0.29) is 0 Å². The molecule has 2 aliphatic rings. The predicted octanol–water partition coefficient (Wildman–Crippen LogP) is 0.664. The van der Waals surface area contributed by atoms with Crippen LogP contribution < -0.4 is 5.32 Å². The molecule has 140 valence electrons. The Morgan fingerprint density at radius 3 is 2.60 bits per heavy atom. The van der Waals surface area contributed by atoms with Gasteiger partial charge in [-0.25, -0.2) is 4.79 Å². The number of imide groups is 2. The molecule has 1 atom stereocenters. The Morgan fingerprint density at radius 2 is 1.92 bits per heavy atom. The van der Waals surface area contributed by atoms with Crippen LogP contribution in [-0.4, -0.2) is 79.3 Å². The fraction of sp³-hybridized carbons (Fsp3) is 0.765. The lowest BCUT2D eigenvalue weighted by Crippen LogP contribution is -2.59. The van der Waals surface area contributed by atoms with Crippen molar-refractivity contribution in [3.8, 4) is 0 Å². The Kier molecular flexibility index (Phi) is 7.52. The number of barbiturate groups is 1. The van der Waals surface area contributed by atoms with E-state index in [4.69, 9.17) is 4.74 Å². The van der Waals surface area contributed by atoms with Gasteiger partial charge in [-0.2, -0.15) is 0 Å². The van der Waals surface area contributed by atoms with Gasteiger partial charge < -0.3 is 4.74 Å². The van der Waals surface area contributed by atoms with Crippen molar-refractivity contribution in [1.29, 1.82) is 0 Å². The molecule has 0 saturated carbocycles. The molecule has 0 aromatic heterocycles. The number of nitrogens with zero attached hydrogens (tertiary/aromatic N) is 3. The molecular formula is C17H28N4O4. The lowest BCUT2D eigenvalue weighted by atomic mass is 9.99. The summed E-state index contributed by atoms with van der Waals surface area (Å²) < 4.78 is 5.31. The number of amides is 4. The highest BCUT2D eigenvalue weighted by molar-refractivity contribution is 6.27. The van der Waals surface area contributed by atoms with E-state index in [1.54, 1.807) is 6.92 Å². The first-order chi connectivity index (χ1) is 12.0. The van der Waals surface area contributed by atoms with Gasteiger partial charge in [0.2, 0.25) is 11.8 Å². The summed E-state index contributed by atoms with van der Waals surface area (Å²) in [6.07, 6.45) is 2.44. The number of nitrogens with one attached hydrogen (secondary N) is 1. The van der Waals surface area contributed by atoms with Gasteiger partial charge >= 0.3 is 6.03 Å². The van der Waals surface area contributed by atoms with Crippen LogP contribution in [0.25, 0.3) is 0 Å². The highest BCUT2D eigenvalue weighted by Gasteiger charge is 2.41. The van der Waals surface area contributed by atoms with Crippen molar-refractivity contribution < 1.29 is 19.1 Å². The summed E-state index contributed by atoms with van der Waals surface area (Å²) >= 11 is 0. The Hall–Kier alpha value is -1.80. The summed E-state index contributed by atoms with van der Waals surface area (Å²) in [5.74, 6) is -2.02. The predicted molar refractivity (Wildman–Crippen MR) is 93.5 cm³/mol. The van der Waals surface area contributed by atoms with Gasteiger partial charge in [0.1, 0.15) is 0 Å². The molecule has 4 amide bonds. The van der Waals surface area contributed by atoms with E-state index >= 15 is 0 Å². The van der Waals surface area contributed by atoms with Gasteiger partial charge in [-0.05, 0) is 19.8 Å². The van der Waals surface area contributed by atoms with Crippen molar-refractivity contribution in [2.24, 2.45) is 10.9 Å². The Labute approximate surface area is 148 Å². The summed E-state index contributed by atoms with van der Waals surface area (Å²) in [4.78, 5) is 44.3. The Bertz CT molecular complexity index is 529. The van der Waals surface area contributed by atoms with Crippen LogP contribution in [0, 0.1) is 5.92 Å². The van der Waals surface area contributed by atoms with Crippen LogP contribution in [0.15, 0.2) is 4.99 Å². The first kappa shape index (κ1) is 19.5. The lowest BCUT2D eigenvalue weighted by molar-refractivity contribution is -0.139. The molecule has 2 saturated heterocycles. The van der Waals surface area contributed by atoms with Gasteiger partial charge in [0.05, 0.1) is 13.2 Å². The number of aliphatic imine (C=N–C) groups is 1. The largest absolute Gasteiger partial charge is 0.379 e. The van der Waals surface area contributed by atoms with Crippen molar-refractivity contribution in [3.63, 3.8) is 0 Å². The van der Waals surface area contributed by atoms with Crippen molar-refractivity contribution in [2.45, 2.75) is 33.1 Å². The maximum absolute atomic E-state index is 12.5. The molecule has 2 rings (SSSR count). The van der Waals surface area contributed by atoms with E-state index in [0.29, 0.717) is 18.8 Å². The number of hydrogen-bond acceptors (Lipinski definition) is 6. The minimum Gasteiger partial charge on any atom is -0.379 e. The molecule has 0 radical (unpaired) electrons. The van der Waals surface area contributed by atoms with Gasteiger partial charge in [-0.3, -0.25) is 29.7 Å². The average Bonchev–Trinajstić information content (AvgIpc) is 2.59. The molecule has 0 unspecified atom stereocenters. The summed E-state index contributed by atoms with van der Waals surface area (Å²) in [6.45, 7) is 8.87. The number of rotatable bonds is 8. The standard InChI is InChI=1S/C17H28N4O4/c1-3-4-8-21-16(23)14(15(22)19-17(21)24)13(2)18-6-5-7-20-9-11-25-12-10-20/h14H,3-12H2,1-2H3,(H,19,22,24)/t14-/m1/s1. The van der Waals surface area contributed by atoms with E-state index < -0.39 is 23.8 Å². The molecule has 2 fully saturated rings. The second-order valence-corrected chi connectivity index (χ2v) is 6.40. The average molecular weight is 352 g/mol. The zero-order chi connectivity index (χ0) is 18.2. The normalized spacial score (nSPS) is 23.1. The maximum atomic E-state index is 12.5. The van der Waals surface area contributed by atoms with Crippen LogP contribution in [0.3, 0.4) is 0 Å². The molecule has 0 spiro atoms. The third-order valence-corrected chi connectivity index (χ3v) is 4.50. The summed E-state index contributed by atoms with van der Waals surface area (Å²) in [5, 5.41) is 2.27. The van der Waals surface area contributed by atoms with E-state index in [0.717, 1.165) is 57.0 Å². The molecule has 1 N–H and O–H groups in total. The lowest BCUT2D eigenvalue weighted by Gasteiger charge is -2.30. The number of ether oxygens (including phenoxy) is 1. The summed E-state index contributed by atoms with van der Waals surface area (Å²) in [5.41, 5.74) is 0.471. The molecule has 0 aliphatic carbocycles. The van der Waals surface area contributed by atoms with Crippen LogP contribution in [0.4, 0.5) is 4.79 Å². The van der Waals surface area contributed by atoms with Crippen LogP contribution in [0.1, 0.15) is 33.1 Å². The topological polar surface area (TPSA) is 91.3 Å². The number of urea groups is 1. The Balaban J connectivity index is 1.88. The zero-order valence-corrected chi connectivity index (χ0v) is 15.1. The third kappa shape index (κ3) is 5.34. The Morgan fingerprint density at radius 1 is 1.20 bits per heavy atom. The van der Waals surface area contributed by atoms with Crippen molar-refractivity contribution in [3.05, 3.63) is 0 Å². The van der Waals surface area contributed by atoms with Gasteiger partial charge in [-0.1, -0.05) is 13.3 Å². The van der Waals surface area contributed by atoms with Crippen molar-refractivity contribution >= 4 is 23.6 Å². The second-order valence-electron chi connectivity index (χ2n) is 6.40. The number of carbonyl (C=O) groups is 3. The van der Waals surface area contributed by atoms with Gasteiger partial charge in [0, 0.05) is 38.4 Å². The number of carbonyl (C=O) groups excluding carboxylic acids is 3. The molecule has 25 heavy (non-hydrogen) atoms. The first-order valence-electron chi connectivity index (χ1n) is 9.01. The highest BCUT2D eigenvalue weighted by Crippen LogP contribution is 2.14. The molecule has 2 aliphatic heterocycles. The summed E-state index contributed by atoms with van der Waals surface area (Å²) in [7, 11) is 0. The third-order valence-electron chi connectivity index (χ3n) is 4.50. The van der Waals surface area contributed by atoms with Gasteiger partial charge in [-0.15, -0.1) is 0 Å². The number of hydrogen-bond donors (Lipinski definition) is 1. The van der Waals surface area contributed by atoms with Crippen molar-refractivity contribution in [2.75, 3.05) is 45.9 Å². The van der Waals surface area contributed by atoms with E-state index in [2.05, 4.69) is 15.2 Å². The number of morpholine rings is 1. The van der Waals surface area contributed by atoms with E-state index in [1.807, 2.05) is 6.92 Å². The smallest absolute Gasteiger partial charge is 0.330 e. The first-order valence-corrected chi connectivity index (χ1v) is 9.01. The fourth-order valence-corrected chi connectivity index (χ4v) is 2.98. The van der Waals surface area contributed by atoms with Gasteiger partial charge in [0.25, 0.3) is 0 Å². The minimum atomic E-state index is -0.988. The van der Waals surface area contributed by atoms with E-state index in [1.165, 1.54) is 0 Å². The van der Waals surface area contributed by atoms with Crippen LogP contribution >= 0.6 is 0 Å². The van der Waals surface area contributed by atoms with Crippen LogP contribution in [-0.2, 0) is 14.3 Å². The van der Waals surface area contributed by atoms with Crippen molar-refractivity contribution in [1.82, 2.24) is 15.1 Å². The second kappa shape index (κ2) is 9.62. The molecule has 0 aromatic rings. The molecule has 8 nitrogen and oxygen atoms in total. The summed E-state index contributed by atoms with van der Waals surface area (Å²) in [6, 6.07) is -0.625. The SMILES string of the molecule is CCCCN1C(=O)NC(=O)[C@@H](C(C)=NCCCN2CCOCC2)C1=O. The zero-order valence-electron chi connectivity index (χ0n) is 15.1. The van der Waals surface area contributed by atoms with Crippen LogP contribution in [0.5, 0.6) is 0 Å². The fourth-order valence-electron chi connectivity index (χ4n) is 2.98. The maximum Gasteiger partial charge on any atom is 0.330 e. The molecule has 0 aromatic carbocycles. The molecule has 2 heterocycles. The van der Waals surface area contributed by atoms with Gasteiger partial charge in [0.15, 0.2) is 5.92 Å². The quantitative estimate of drug-likeness (QED) is 0.394. The highest BCUT2D eigenvalue weighted by atomic mass is 16.5. The molecule has 0 bridgehead atoms. The minimum absolute atomic E-state index is 0.329. The van der Waals surface area contributed by atoms with E-state index in [9.17, 15) is 14.4 Å². The molecular weight excluding hydrogens is 324 g/mol. The molecule has 8 heteroatoms. The monoisotopic (exact) mass is 352 g/mol. The number of unbranched alkanes of at least 4 members (excludes halogenated alkanes) is 1. The van der Waals surface area contributed by atoms with Crippen LogP contribution in [0.2, 0.25) is 0 Å².